The molecule has 4 heterocycles. The average molecular weight is 786 g/mol. The van der Waals surface area contributed by atoms with Crippen molar-refractivity contribution in [2.24, 2.45) is 0 Å². The molecule has 56 heavy (non-hydrogen) atoms. The van der Waals surface area contributed by atoms with E-state index >= 15 is 0 Å². The highest BCUT2D eigenvalue weighted by Crippen LogP contribution is 2.36. The molecule has 1 aromatic carbocycles. The van der Waals surface area contributed by atoms with Gasteiger partial charge in [0.25, 0.3) is 0 Å². The van der Waals surface area contributed by atoms with E-state index in [0.29, 0.717) is 58.9 Å². The van der Waals surface area contributed by atoms with Crippen LogP contribution in [0.25, 0.3) is 22.6 Å². The summed E-state index contributed by atoms with van der Waals surface area (Å²) in [5.41, 5.74) is 2.32. The molecule has 4 aromatic heterocycles. The number of aromatic nitrogens is 6. The smallest absolute Gasteiger partial charge is 0.416 e. The van der Waals surface area contributed by atoms with E-state index in [2.05, 4.69) is 25.5 Å². The predicted octanol–water partition coefficient (Wildman–Crippen LogP) is 6.85. The number of anilines is 2. The summed E-state index contributed by atoms with van der Waals surface area (Å²) in [5, 5.41) is 11.5. The number of hydrogen-bond acceptors (Lipinski definition) is 11. The minimum absolute atomic E-state index is 0.00622. The molecule has 3 amide bonds. The molecule has 0 radical (unpaired) electrons. The molecule has 0 spiro atoms. The second-order valence-corrected chi connectivity index (χ2v) is 16.0. The Hall–Kier alpha value is -5.90. The summed E-state index contributed by atoms with van der Waals surface area (Å²) < 4.78 is 14.1. The normalized spacial score (nSPS) is 14.1. The summed E-state index contributed by atoms with van der Waals surface area (Å²) >= 11 is 6.07. The van der Waals surface area contributed by atoms with Crippen LogP contribution in [0.5, 0.6) is 0 Å². The average Bonchev–Trinajstić information content (AvgIpc) is 4.04. The zero-order chi connectivity index (χ0) is 40.5. The second-order valence-electron chi connectivity index (χ2n) is 15.6. The number of benzene rings is 1. The number of halogens is 1. The lowest BCUT2D eigenvalue weighted by molar-refractivity contribution is -0.119. The first-order valence-electron chi connectivity index (χ1n) is 18.2. The van der Waals surface area contributed by atoms with Crippen LogP contribution in [0.1, 0.15) is 100 Å². The molecule has 17 heteroatoms. The number of amides is 3. The molecule has 0 saturated heterocycles. The van der Waals surface area contributed by atoms with Crippen LogP contribution in [-0.2, 0) is 20.8 Å². The number of carbonyl (C=O) groups is 5. The third kappa shape index (κ3) is 9.30. The lowest BCUT2D eigenvalue weighted by Crippen LogP contribution is -2.39. The van der Waals surface area contributed by atoms with Crippen molar-refractivity contribution < 1.29 is 33.4 Å². The van der Waals surface area contributed by atoms with E-state index in [1.165, 1.54) is 33.2 Å². The van der Waals surface area contributed by atoms with Crippen molar-refractivity contribution in [3.63, 3.8) is 0 Å². The van der Waals surface area contributed by atoms with Crippen LogP contribution >= 0.6 is 11.6 Å². The van der Waals surface area contributed by atoms with E-state index in [-0.39, 0.29) is 23.1 Å². The highest BCUT2D eigenvalue weighted by Gasteiger charge is 2.40. The van der Waals surface area contributed by atoms with Crippen LogP contribution in [0.15, 0.2) is 48.8 Å². The summed E-state index contributed by atoms with van der Waals surface area (Å²) in [6, 6.07) is 11.0. The number of rotatable bonds is 9. The van der Waals surface area contributed by atoms with Crippen molar-refractivity contribution >= 4 is 65.2 Å². The monoisotopic (exact) mass is 785 g/mol. The third-order valence-electron chi connectivity index (χ3n) is 8.45. The summed E-state index contributed by atoms with van der Waals surface area (Å²) in [4.78, 5) is 71.7. The Morgan fingerprint density at radius 1 is 0.804 bits per heavy atom. The van der Waals surface area contributed by atoms with Crippen molar-refractivity contribution in [2.75, 3.05) is 9.80 Å². The van der Waals surface area contributed by atoms with Gasteiger partial charge >= 0.3 is 12.2 Å². The highest BCUT2D eigenvalue weighted by atomic mass is 35.5. The zero-order valence-electron chi connectivity index (χ0n) is 32.3. The van der Waals surface area contributed by atoms with Gasteiger partial charge in [-0.25, -0.2) is 19.6 Å². The number of carbonyl (C=O) groups excluding carboxylic acids is 5. The number of fused-ring (bicyclic) bond motifs is 2. The molecule has 5 aromatic rings. The molecule has 7 rings (SSSR count). The van der Waals surface area contributed by atoms with Gasteiger partial charge in [0, 0.05) is 43.2 Å². The second kappa shape index (κ2) is 15.7. The molecule has 2 aliphatic rings. The molecule has 2 aliphatic carbocycles. The fourth-order valence-corrected chi connectivity index (χ4v) is 5.95. The topological polar surface area (TPSA) is 183 Å². The standard InChI is InChI=1S/C24H27N5O4.C15H17ClN4O3/c1-15(31)25-12-16-6-5-7-17(10-16)20-11-21(29-22(27-20)18(14-30)13-26-29)28(19-8-9-19)23(32)33-24(2,3)4;1-15(2,3)23-14(22)19(10-4-5-10)12-6-11(16)18-13-9(8-21)7-17-20(12)13/h5-7,10-11,13-14,19H,8-9,12H2,1-4H3,(H,25,31);6-8,10H,4-5H2,1-3H3. The molecule has 294 valence electrons. The van der Waals surface area contributed by atoms with E-state index in [4.69, 9.17) is 21.1 Å². The van der Waals surface area contributed by atoms with Gasteiger partial charge in [-0.2, -0.15) is 19.2 Å². The maximum atomic E-state index is 13.1. The maximum absolute atomic E-state index is 13.1. The Bertz CT molecular complexity index is 2320. The van der Waals surface area contributed by atoms with Crippen molar-refractivity contribution in [2.45, 2.75) is 104 Å². The van der Waals surface area contributed by atoms with E-state index in [9.17, 15) is 24.0 Å². The van der Waals surface area contributed by atoms with Gasteiger partial charge in [-0.05, 0) is 78.9 Å². The van der Waals surface area contributed by atoms with Gasteiger partial charge in [0.15, 0.2) is 23.9 Å². The molecule has 0 aliphatic heterocycles. The molecule has 0 unspecified atom stereocenters. The van der Waals surface area contributed by atoms with Gasteiger partial charge in [0.05, 0.1) is 29.2 Å². The van der Waals surface area contributed by atoms with Crippen LogP contribution in [0.3, 0.4) is 0 Å². The Kier molecular flexibility index (Phi) is 11.1. The number of hydrogen-bond donors (Lipinski definition) is 1. The summed E-state index contributed by atoms with van der Waals surface area (Å²) in [6.07, 6.45) is 6.72. The van der Waals surface area contributed by atoms with E-state index in [1.54, 1.807) is 17.0 Å². The van der Waals surface area contributed by atoms with Crippen LogP contribution in [0.2, 0.25) is 5.15 Å². The lowest BCUT2D eigenvalue weighted by Gasteiger charge is -2.27. The van der Waals surface area contributed by atoms with Crippen LogP contribution in [-0.4, -0.2) is 83.1 Å². The van der Waals surface area contributed by atoms with Gasteiger partial charge in [0.2, 0.25) is 5.91 Å². The Morgan fingerprint density at radius 3 is 1.77 bits per heavy atom. The van der Waals surface area contributed by atoms with Crippen molar-refractivity contribution in [3.05, 3.63) is 70.6 Å². The molecule has 1 N–H and O–H groups in total. The Morgan fingerprint density at radius 2 is 1.30 bits per heavy atom. The quantitative estimate of drug-likeness (QED) is 0.122. The number of nitrogens with zero attached hydrogens (tertiary/aromatic N) is 8. The number of aldehydes is 2. The summed E-state index contributed by atoms with van der Waals surface area (Å²) in [6.45, 7) is 12.7. The van der Waals surface area contributed by atoms with Gasteiger partial charge in [-0.1, -0.05) is 29.8 Å². The van der Waals surface area contributed by atoms with Crippen molar-refractivity contribution in [3.8, 4) is 11.3 Å². The van der Waals surface area contributed by atoms with Crippen LogP contribution in [0.4, 0.5) is 21.2 Å². The van der Waals surface area contributed by atoms with Crippen molar-refractivity contribution in [1.82, 2.24) is 34.5 Å². The molecular weight excluding hydrogens is 742 g/mol. The summed E-state index contributed by atoms with van der Waals surface area (Å²) in [7, 11) is 0. The molecule has 0 atom stereocenters. The van der Waals surface area contributed by atoms with Gasteiger partial charge in [-0.15, -0.1) is 0 Å². The zero-order valence-corrected chi connectivity index (χ0v) is 33.0. The molecule has 16 nitrogen and oxygen atoms in total. The first kappa shape index (κ1) is 39.8. The maximum Gasteiger partial charge on any atom is 0.416 e. The van der Waals surface area contributed by atoms with E-state index in [1.807, 2.05) is 65.8 Å². The molecule has 2 saturated carbocycles. The minimum Gasteiger partial charge on any atom is -0.443 e. The predicted molar refractivity (Wildman–Crippen MR) is 208 cm³/mol. The van der Waals surface area contributed by atoms with E-state index in [0.717, 1.165) is 36.8 Å². The first-order valence-corrected chi connectivity index (χ1v) is 18.6. The minimum atomic E-state index is -0.657. The Balaban J connectivity index is 0.000000202. The van der Waals surface area contributed by atoms with Gasteiger partial charge in [0.1, 0.15) is 28.0 Å². The molecular formula is C39H44ClN9O7. The molecule has 2 fully saturated rings. The third-order valence-corrected chi connectivity index (χ3v) is 8.64. The fourth-order valence-electron chi connectivity index (χ4n) is 5.77. The van der Waals surface area contributed by atoms with E-state index < -0.39 is 23.4 Å². The van der Waals surface area contributed by atoms with Crippen LogP contribution < -0.4 is 15.1 Å². The summed E-state index contributed by atoms with van der Waals surface area (Å²) in [5.74, 6) is 0.825. The first-order chi connectivity index (χ1) is 26.5. The SMILES string of the molecule is CC(=O)NCc1cccc(-c2cc(N(C(=O)OC(C)(C)C)C3CC3)n3ncc(C=O)c3n2)c1.CC(C)(C)OC(=O)N(c1cc(Cl)nc2c(C=O)cnn12)C1CC1. The lowest BCUT2D eigenvalue weighted by atomic mass is 10.1. The number of ether oxygens (including phenoxy) is 2. The van der Waals surface area contributed by atoms with Gasteiger partial charge < -0.3 is 14.8 Å². The van der Waals surface area contributed by atoms with Crippen molar-refractivity contribution in [1.29, 1.82) is 0 Å². The van der Waals surface area contributed by atoms with Crippen LogP contribution in [0, 0.1) is 0 Å². The highest BCUT2D eigenvalue weighted by molar-refractivity contribution is 6.30. The Labute approximate surface area is 328 Å². The number of nitrogens with one attached hydrogen (secondary N) is 1. The fraction of sp³-hybridized carbons (Fsp3) is 0.410. The largest absolute Gasteiger partial charge is 0.443 e. The van der Waals surface area contributed by atoms with Gasteiger partial charge in [-0.3, -0.25) is 24.2 Å². The molecule has 0 bridgehead atoms.